The van der Waals surface area contributed by atoms with E-state index in [2.05, 4.69) is 55.6 Å². The minimum Gasteiger partial charge on any atom is -0.317 e. The molecule has 25 heavy (non-hydrogen) atoms. The van der Waals surface area contributed by atoms with Crippen molar-refractivity contribution >= 4 is 11.7 Å². The number of amides is 2. The van der Waals surface area contributed by atoms with Gasteiger partial charge in [-0.05, 0) is 49.4 Å². The second-order valence-corrected chi connectivity index (χ2v) is 6.95. The molecule has 132 valence electrons. The molecule has 0 radical (unpaired) electrons. The number of benzene rings is 2. The molecule has 2 amide bonds. The molecule has 1 N–H and O–H groups in total. The van der Waals surface area contributed by atoms with Crippen LogP contribution in [0.2, 0.25) is 0 Å². The van der Waals surface area contributed by atoms with Gasteiger partial charge in [-0.1, -0.05) is 61.7 Å². The predicted molar refractivity (Wildman–Crippen MR) is 104 cm³/mol. The van der Waals surface area contributed by atoms with Gasteiger partial charge in [0.15, 0.2) is 0 Å². The van der Waals surface area contributed by atoms with Crippen molar-refractivity contribution in [3.05, 3.63) is 65.2 Å². The summed E-state index contributed by atoms with van der Waals surface area (Å²) in [5, 5.41) is 3.09. The average Bonchev–Trinajstić information content (AvgIpc) is 2.89. The molecule has 3 rings (SSSR count). The minimum absolute atomic E-state index is 0.0109. The van der Waals surface area contributed by atoms with Gasteiger partial charge in [0.2, 0.25) is 0 Å². The maximum absolute atomic E-state index is 12.9. The van der Waals surface area contributed by atoms with Crippen LogP contribution in [0.15, 0.2) is 48.5 Å². The van der Waals surface area contributed by atoms with Crippen LogP contribution in [0, 0.1) is 6.92 Å². The van der Waals surface area contributed by atoms with Crippen LogP contribution in [0.1, 0.15) is 55.3 Å². The van der Waals surface area contributed by atoms with Crippen LogP contribution in [-0.2, 0) is 6.42 Å². The number of likely N-dealkylation sites (tertiary alicyclic amines) is 1. The van der Waals surface area contributed by atoms with Crippen molar-refractivity contribution < 1.29 is 4.79 Å². The number of rotatable bonds is 3. The molecule has 0 spiro atoms. The molecule has 3 nitrogen and oxygen atoms in total. The molecule has 0 aliphatic carbocycles. The van der Waals surface area contributed by atoms with Crippen molar-refractivity contribution in [1.29, 1.82) is 0 Å². The van der Waals surface area contributed by atoms with Gasteiger partial charge >= 0.3 is 6.03 Å². The Hall–Kier alpha value is -2.29. The summed E-state index contributed by atoms with van der Waals surface area (Å²) < 4.78 is 0. The molecule has 1 fully saturated rings. The molecule has 1 aliphatic heterocycles. The molecule has 3 heteroatoms. The quantitative estimate of drug-likeness (QED) is 0.765. The van der Waals surface area contributed by atoms with Gasteiger partial charge in [0.25, 0.3) is 0 Å². The van der Waals surface area contributed by atoms with Gasteiger partial charge in [-0.3, -0.25) is 0 Å². The van der Waals surface area contributed by atoms with E-state index in [9.17, 15) is 4.79 Å². The van der Waals surface area contributed by atoms with E-state index in [-0.39, 0.29) is 12.1 Å². The predicted octanol–water partition coefficient (Wildman–Crippen LogP) is 5.71. The molecule has 0 aromatic heterocycles. The molecule has 1 saturated heterocycles. The van der Waals surface area contributed by atoms with Crippen LogP contribution in [0.4, 0.5) is 10.5 Å². The lowest BCUT2D eigenvalue weighted by atomic mass is 10.00. The summed E-state index contributed by atoms with van der Waals surface area (Å²) in [6.45, 7) is 5.05. The number of carbonyl (C=O) groups is 1. The number of hydrogen-bond donors (Lipinski definition) is 1. The number of urea groups is 1. The summed E-state index contributed by atoms with van der Waals surface area (Å²) >= 11 is 0. The fraction of sp³-hybridized carbons (Fsp3) is 0.409. The van der Waals surface area contributed by atoms with Crippen molar-refractivity contribution in [2.45, 2.75) is 52.0 Å². The maximum atomic E-state index is 12.9. The average molecular weight is 336 g/mol. The zero-order valence-corrected chi connectivity index (χ0v) is 15.3. The highest BCUT2D eigenvalue weighted by Crippen LogP contribution is 2.31. The van der Waals surface area contributed by atoms with Crippen molar-refractivity contribution in [3.63, 3.8) is 0 Å². The summed E-state index contributed by atoms with van der Waals surface area (Å²) in [5.74, 6) is 0. The first-order valence-corrected chi connectivity index (χ1v) is 9.40. The van der Waals surface area contributed by atoms with E-state index in [1.54, 1.807) is 0 Å². The number of nitrogens with one attached hydrogen (secondary N) is 1. The Labute approximate surface area is 151 Å². The zero-order chi connectivity index (χ0) is 17.6. The second-order valence-electron chi connectivity index (χ2n) is 6.95. The van der Waals surface area contributed by atoms with E-state index in [4.69, 9.17) is 0 Å². The van der Waals surface area contributed by atoms with Crippen LogP contribution in [0.5, 0.6) is 0 Å². The lowest BCUT2D eigenvalue weighted by Gasteiger charge is -2.30. The standard InChI is InChI=1S/C22H28N2O/c1-3-18-10-14-20(15-11-18)23-22(25)24-16-6-4-5-7-21(24)19-12-8-17(2)9-13-19/h8-15,21H,3-7,16H2,1-2H3,(H,23,25). The third-order valence-corrected chi connectivity index (χ3v) is 5.09. The van der Waals surface area contributed by atoms with Crippen molar-refractivity contribution in [2.24, 2.45) is 0 Å². The van der Waals surface area contributed by atoms with Gasteiger partial charge in [-0.25, -0.2) is 4.79 Å². The number of anilines is 1. The number of carbonyl (C=O) groups excluding carboxylic acids is 1. The molecule has 1 atom stereocenters. The zero-order valence-electron chi connectivity index (χ0n) is 15.3. The second kappa shape index (κ2) is 8.19. The molecule has 1 unspecified atom stereocenters. The van der Waals surface area contributed by atoms with Crippen LogP contribution >= 0.6 is 0 Å². The number of hydrogen-bond acceptors (Lipinski definition) is 1. The van der Waals surface area contributed by atoms with Gasteiger partial charge in [0.05, 0.1) is 6.04 Å². The lowest BCUT2D eigenvalue weighted by Crippen LogP contribution is -2.38. The Morgan fingerprint density at radius 2 is 1.76 bits per heavy atom. The third kappa shape index (κ3) is 4.41. The summed E-state index contributed by atoms with van der Waals surface area (Å²) in [4.78, 5) is 15.0. The van der Waals surface area contributed by atoms with E-state index in [0.717, 1.165) is 31.5 Å². The van der Waals surface area contributed by atoms with Crippen LogP contribution in [0.3, 0.4) is 0 Å². The van der Waals surface area contributed by atoms with E-state index >= 15 is 0 Å². The van der Waals surface area contributed by atoms with E-state index in [1.807, 2.05) is 17.0 Å². The van der Waals surface area contributed by atoms with Crippen molar-refractivity contribution in [1.82, 2.24) is 4.90 Å². The summed E-state index contributed by atoms with van der Waals surface area (Å²) in [5.41, 5.74) is 4.65. The van der Waals surface area contributed by atoms with E-state index in [1.165, 1.54) is 29.5 Å². The topological polar surface area (TPSA) is 32.3 Å². The van der Waals surface area contributed by atoms with Crippen molar-refractivity contribution in [3.8, 4) is 0 Å². The molecule has 2 aromatic carbocycles. The first-order valence-electron chi connectivity index (χ1n) is 9.40. The van der Waals surface area contributed by atoms with E-state index in [0.29, 0.717) is 0 Å². The molecular weight excluding hydrogens is 308 g/mol. The monoisotopic (exact) mass is 336 g/mol. The molecular formula is C22H28N2O. The Morgan fingerprint density at radius 1 is 1.04 bits per heavy atom. The Morgan fingerprint density at radius 3 is 2.44 bits per heavy atom. The largest absolute Gasteiger partial charge is 0.322 e. The van der Waals surface area contributed by atoms with Crippen LogP contribution in [-0.4, -0.2) is 17.5 Å². The van der Waals surface area contributed by atoms with Crippen LogP contribution in [0.25, 0.3) is 0 Å². The Kier molecular flexibility index (Phi) is 5.75. The first kappa shape index (κ1) is 17.5. The summed E-state index contributed by atoms with van der Waals surface area (Å²) in [6, 6.07) is 16.9. The van der Waals surface area contributed by atoms with E-state index < -0.39 is 0 Å². The maximum Gasteiger partial charge on any atom is 0.322 e. The van der Waals surface area contributed by atoms with Crippen molar-refractivity contribution in [2.75, 3.05) is 11.9 Å². The highest BCUT2D eigenvalue weighted by atomic mass is 16.2. The molecule has 0 bridgehead atoms. The molecule has 1 aliphatic rings. The van der Waals surface area contributed by atoms with Gasteiger partial charge in [0, 0.05) is 12.2 Å². The summed E-state index contributed by atoms with van der Waals surface area (Å²) in [6.07, 6.45) is 5.48. The SMILES string of the molecule is CCc1ccc(NC(=O)N2CCCCCC2c2ccc(C)cc2)cc1. The minimum atomic E-state index is 0.0109. The normalized spacial score (nSPS) is 17.8. The fourth-order valence-electron chi connectivity index (χ4n) is 3.51. The number of aryl methyl sites for hydroxylation is 2. The van der Waals surface area contributed by atoms with Gasteiger partial charge in [0.1, 0.15) is 0 Å². The molecule has 1 heterocycles. The Bertz CT molecular complexity index is 691. The number of nitrogens with zero attached hydrogens (tertiary/aromatic N) is 1. The van der Waals surface area contributed by atoms with Gasteiger partial charge in [-0.15, -0.1) is 0 Å². The highest BCUT2D eigenvalue weighted by molar-refractivity contribution is 5.89. The van der Waals surface area contributed by atoms with Gasteiger partial charge in [-0.2, -0.15) is 0 Å². The fourth-order valence-corrected chi connectivity index (χ4v) is 3.51. The van der Waals surface area contributed by atoms with Gasteiger partial charge < -0.3 is 10.2 Å². The van der Waals surface area contributed by atoms with Crippen LogP contribution < -0.4 is 5.32 Å². The Balaban J connectivity index is 1.77. The molecule has 2 aromatic rings. The third-order valence-electron chi connectivity index (χ3n) is 5.09. The first-order chi connectivity index (χ1) is 12.2. The lowest BCUT2D eigenvalue weighted by molar-refractivity contribution is 0.189. The molecule has 0 saturated carbocycles. The smallest absolute Gasteiger partial charge is 0.317 e. The summed E-state index contributed by atoms with van der Waals surface area (Å²) in [7, 11) is 0. The highest BCUT2D eigenvalue weighted by Gasteiger charge is 2.26.